The lowest BCUT2D eigenvalue weighted by Gasteiger charge is -2.33. The second-order valence-electron chi connectivity index (χ2n) is 5.01. The minimum Gasteiger partial charge on any atom is -0.485 e. The lowest BCUT2D eigenvalue weighted by molar-refractivity contribution is 0.154. The third-order valence-electron chi connectivity index (χ3n) is 3.74. The highest BCUT2D eigenvalue weighted by Crippen LogP contribution is 2.44. The standard InChI is InChI=1S/C16H14Cl3NO/c1-20-13-8-15(10-3-2-4-12(18)16(10)19)21-14-6-5-9(17)7-11(13)14/h2-7,13,15,20H,8H2,1H3. The molecule has 5 heteroatoms. The third kappa shape index (κ3) is 2.86. The van der Waals surface area contributed by atoms with E-state index >= 15 is 0 Å². The van der Waals surface area contributed by atoms with E-state index in [4.69, 9.17) is 39.5 Å². The number of nitrogens with one attached hydrogen (secondary N) is 1. The molecule has 1 N–H and O–H groups in total. The summed E-state index contributed by atoms with van der Waals surface area (Å²) in [5.74, 6) is 0.825. The van der Waals surface area contributed by atoms with Crippen LogP contribution in [0.15, 0.2) is 36.4 Å². The second-order valence-corrected chi connectivity index (χ2v) is 6.23. The maximum absolute atomic E-state index is 6.32. The van der Waals surface area contributed by atoms with Crippen LogP contribution in [0.1, 0.15) is 29.7 Å². The van der Waals surface area contributed by atoms with Crippen molar-refractivity contribution in [2.45, 2.75) is 18.6 Å². The molecule has 2 atom stereocenters. The minimum absolute atomic E-state index is 0.137. The van der Waals surface area contributed by atoms with Gasteiger partial charge in [0.05, 0.1) is 10.0 Å². The highest BCUT2D eigenvalue weighted by atomic mass is 35.5. The van der Waals surface area contributed by atoms with Gasteiger partial charge in [-0.05, 0) is 31.3 Å². The third-order valence-corrected chi connectivity index (χ3v) is 4.81. The Morgan fingerprint density at radius 1 is 1.10 bits per heavy atom. The topological polar surface area (TPSA) is 21.3 Å². The van der Waals surface area contributed by atoms with Gasteiger partial charge < -0.3 is 10.1 Å². The number of halogens is 3. The molecule has 2 aromatic carbocycles. The van der Waals surface area contributed by atoms with Crippen molar-refractivity contribution in [2.24, 2.45) is 0 Å². The van der Waals surface area contributed by atoms with Crippen molar-refractivity contribution in [3.05, 3.63) is 62.6 Å². The Kier molecular flexibility index (Phi) is 4.32. The molecule has 2 unspecified atom stereocenters. The fourth-order valence-corrected chi connectivity index (χ4v) is 3.28. The lowest BCUT2D eigenvalue weighted by Crippen LogP contribution is -2.26. The fourth-order valence-electron chi connectivity index (χ4n) is 2.67. The average molecular weight is 343 g/mol. The summed E-state index contributed by atoms with van der Waals surface area (Å²) in [6, 6.07) is 11.4. The number of rotatable bonds is 2. The summed E-state index contributed by atoms with van der Waals surface area (Å²) >= 11 is 18.5. The monoisotopic (exact) mass is 341 g/mol. The number of hydrogen-bond donors (Lipinski definition) is 1. The van der Waals surface area contributed by atoms with E-state index in [1.165, 1.54) is 0 Å². The van der Waals surface area contributed by atoms with Crippen LogP contribution in [0.5, 0.6) is 5.75 Å². The molecule has 110 valence electrons. The number of hydrogen-bond acceptors (Lipinski definition) is 2. The van der Waals surface area contributed by atoms with Gasteiger partial charge in [0.25, 0.3) is 0 Å². The smallest absolute Gasteiger partial charge is 0.127 e. The van der Waals surface area contributed by atoms with Crippen molar-refractivity contribution >= 4 is 34.8 Å². The van der Waals surface area contributed by atoms with Crippen LogP contribution >= 0.6 is 34.8 Å². The summed E-state index contributed by atoms with van der Waals surface area (Å²) in [4.78, 5) is 0. The number of benzene rings is 2. The molecule has 0 aromatic heterocycles. The zero-order chi connectivity index (χ0) is 15.0. The maximum Gasteiger partial charge on any atom is 0.127 e. The SMILES string of the molecule is CNC1CC(c2cccc(Cl)c2Cl)Oc2ccc(Cl)cc21. The Bertz CT molecular complexity index is 675. The van der Waals surface area contributed by atoms with Crippen LogP contribution in [-0.2, 0) is 0 Å². The molecule has 0 radical (unpaired) electrons. The van der Waals surface area contributed by atoms with E-state index in [1.54, 1.807) is 6.07 Å². The van der Waals surface area contributed by atoms with E-state index in [0.29, 0.717) is 15.1 Å². The summed E-state index contributed by atoms with van der Waals surface area (Å²) in [6.45, 7) is 0. The molecule has 1 aliphatic rings. The molecule has 0 saturated carbocycles. The minimum atomic E-state index is -0.137. The van der Waals surface area contributed by atoms with Crippen molar-refractivity contribution in [2.75, 3.05) is 7.05 Å². The van der Waals surface area contributed by atoms with Crippen LogP contribution in [0.4, 0.5) is 0 Å². The van der Waals surface area contributed by atoms with E-state index in [0.717, 1.165) is 23.3 Å². The molecule has 0 fully saturated rings. The van der Waals surface area contributed by atoms with Crippen LogP contribution in [0.25, 0.3) is 0 Å². The van der Waals surface area contributed by atoms with Gasteiger partial charge in [0.15, 0.2) is 0 Å². The predicted octanol–water partition coefficient (Wildman–Crippen LogP) is 5.43. The zero-order valence-corrected chi connectivity index (χ0v) is 13.6. The van der Waals surface area contributed by atoms with Crippen LogP contribution < -0.4 is 10.1 Å². The highest BCUT2D eigenvalue weighted by Gasteiger charge is 2.30. The van der Waals surface area contributed by atoms with Crippen LogP contribution in [-0.4, -0.2) is 7.05 Å². The summed E-state index contributed by atoms with van der Waals surface area (Å²) in [6.07, 6.45) is 0.631. The maximum atomic E-state index is 6.32. The first-order chi connectivity index (χ1) is 10.1. The van der Waals surface area contributed by atoms with Crippen molar-refractivity contribution in [3.8, 4) is 5.75 Å². The van der Waals surface area contributed by atoms with Gasteiger partial charge in [0.1, 0.15) is 11.9 Å². The molecule has 2 aromatic rings. The molecule has 1 aliphatic heterocycles. The van der Waals surface area contributed by atoms with Gasteiger partial charge in [-0.3, -0.25) is 0 Å². The Labute approximate surface area is 139 Å². The Balaban J connectivity index is 2.01. The van der Waals surface area contributed by atoms with Crippen molar-refractivity contribution < 1.29 is 4.74 Å². The van der Waals surface area contributed by atoms with Crippen molar-refractivity contribution in [1.82, 2.24) is 5.32 Å². The van der Waals surface area contributed by atoms with Crippen LogP contribution in [0.2, 0.25) is 15.1 Å². The molecular weight excluding hydrogens is 329 g/mol. The summed E-state index contributed by atoms with van der Waals surface area (Å²) < 4.78 is 6.10. The van der Waals surface area contributed by atoms with Gasteiger partial charge in [0.2, 0.25) is 0 Å². The van der Waals surface area contributed by atoms with Gasteiger partial charge in [-0.25, -0.2) is 0 Å². The lowest BCUT2D eigenvalue weighted by atomic mass is 9.93. The largest absolute Gasteiger partial charge is 0.485 e. The summed E-state index contributed by atoms with van der Waals surface area (Å²) in [7, 11) is 1.93. The molecule has 0 spiro atoms. The summed E-state index contributed by atoms with van der Waals surface area (Å²) in [5.41, 5.74) is 1.98. The van der Waals surface area contributed by atoms with Gasteiger partial charge in [-0.15, -0.1) is 0 Å². The molecular formula is C16H14Cl3NO. The fraction of sp³-hybridized carbons (Fsp3) is 0.250. The van der Waals surface area contributed by atoms with Crippen molar-refractivity contribution in [1.29, 1.82) is 0 Å². The van der Waals surface area contributed by atoms with Gasteiger partial charge in [0, 0.05) is 28.6 Å². The van der Waals surface area contributed by atoms with Gasteiger partial charge in [-0.1, -0.05) is 46.9 Å². The Hall–Kier alpha value is -0.930. The Morgan fingerprint density at radius 2 is 1.90 bits per heavy atom. The molecule has 0 aliphatic carbocycles. The molecule has 0 amide bonds. The predicted molar refractivity (Wildman–Crippen MR) is 87.7 cm³/mol. The molecule has 1 heterocycles. The average Bonchev–Trinajstić information content (AvgIpc) is 2.49. The van der Waals surface area contributed by atoms with E-state index in [-0.39, 0.29) is 12.1 Å². The zero-order valence-electron chi connectivity index (χ0n) is 11.4. The first-order valence-corrected chi connectivity index (χ1v) is 7.81. The van der Waals surface area contributed by atoms with Crippen LogP contribution in [0.3, 0.4) is 0 Å². The highest BCUT2D eigenvalue weighted by molar-refractivity contribution is 6.42. The molecule has 2 nitrogen and oxygen atoms in total. The van der Waals surface area contributed by atoms with E-state index in [9.17, 15) is 0 Å². The first kappa shape index (κ1) is 15.0. The normalized spacial score (nSPS) is 20.8. The molecule has 0 saturated heterocycles. The quantitative estimate of drug-likeness (QED) is 0.785. The summed E-state index contributed by atoms with van der Waals surface area (Å²) in [5, 5.41) is 5.11. The van der Waals surface area contributed by atoms with Crippen molar-refractivity contribution in [3.63, 3.8) is 0 Å². The van der Waals surface area contributed by atoms with Crippen LogP contribution in [0, 0.1) is 0 Å². The van der Waals surface area contributed by atoms with Gasteiger partial charge in [-0.2, -0.15) is 0 Å². The first-order valence-electron chi connectivity index (χ1n) is 6.67. The Morgan fingerprint density at radius 3 is 2.67 bits per heavy atom. The van der Waals surface area contributed by atoms with E-state index in [1.807, 2.05) is 37.4 Å². The molecule has 21 heavy (non-hydrogen) atoms. The van der Waals surface area contributed by atoms with E-state index < -0.39 is 0 Å². The van der Waals surface area contributed by atoms with Gasteiger partial charge >= 0.3 is 0 Å². The molecule has 0 bridgehead atoms. The van der Waals surface area contributed by atoms with E-state index in [2.05, 4.69) is 5.32 Å². The number of fused-ring (bicyclic) bond motifs is 1. The number of ether oxygens (including phenoxy) is 1. The second kappa shape index (κ2) is 6.05. The molecule has 3 rings (SSSR count).